The van der Waals surface area contributed by atoms with Crippen molar-refractivity contribution >= 4 is 34.5 Å². The molecule has 2 fully saturated rings. The van der Waals surface area contributed by atoms with E-state index in [-0.39, 0.29) is 23.9 Å². The summed E-state index contributed by atoms with van der Waals surface area (Å²) in [6.45, 7) is 6.96. The van der Waals surface area contributed by atoms with Crippen LogP contribution in [0.5, 0.6) is 0 Å². The molecule has 3 amide bonds. The Balaban J connectivity index is 1.47. The summed E-state index contributed by atoms with van der Waals surface area (Å²) in [7, 11) is 1.85. The van der Waals surface area contributed by atoms with Gasteiger partial charge >= 0.3 is 6.09 Å². The number of carbonyl (C=O) groups is 3. The summed E-state index contributed by atoms with van der Waals surface area (Å²) >= 11 is 0. The number of likely N-dealkylation sites (tertiary alicyclic amines) is 1. The lowest BCUT2D eigenvalue weighted by Crippen LogP contribution is -2.42. The molecule has 0 saturated carbocycles. The largest absolute Gasteiger partial charge is 0.444 e. The van der Waals surface area contributed by atoms with Crippen LogP contribution in [-0.4, -0.2) is 57.3 Å². The van der Waals surface area contributed by atoms with E-state index in [1.807, 2.05) is 50.9 Å². The van der Waals surface area contributed by atoms with Gasteiger partial charge in [-0.25, -0.2) is 4.79 Å². The van der Waals surface area contributed by atoms with Gasteiger partial charge in [0.25, 0.3) is 0 Å². The first kappa shape index (κ1) is 22.1. The standard InChI is InChI=1S/C23H31N5O4/c1-23(2,3)32-22(31)28-11-5-6-15(28)13-24-14-7-8-16-18(12-14)27(4)26-20(16)17-9-10-19(29)25-21(17)30/h7-8,12,15,17,24H,5-6,9-11,13H2,1-4H3,(H,25,29,30)/t15-,17?/m1/s1. The van der Waals surface area contributed by atoms with Crippen molar-refractivity contribution in [2.45, 2.75) is 64.0 Å². The fraction of sp³-hybridized carbons (Fsp3) is 0.565. The smallest absolute Gasteiger partial charge is 0.410 e. The number of anilines is 1. The van der Waals surface area contributed by atoms with E-state index in [1.54, 1.807) is 4.68 Å². The van der Waals surface area contributed by atoms with Crippen LogP contribution in [0.25, 0.3) is 10.9 Å². The minimum absolute atomic E-state index is 0.0751. The van der Waals surface area contributed by atoms with Gasteiger partial charge < -0.3 is 15.0 Å². The van der Waals surface area contributed by atoms with Crippen molar-refractivity contribution in [2.75, 3.05) is 18.4 Å². The van der Waals surface area contributed by atoms with Crippen molar-refractivity contribution in [2.24, 2.45) is 7.05 Å². The molecule has 0 spiro atoms. The lowest BCUT2D eigenvalue weighted by atomic mass is 9.93. The van der Waals surface area contributed by atoms with Crippen LogP contribution >= 0.6 is 0 Å². The van der Waals surface area contributed by atoms with Crippen LogP contribution in [-0.2, 0) is 21.4 Å². The van der Waals surface area contributed by atoms with E-state index >= 15 is 0 Å². The number of piperidine rings is 1. The topological polar surface area (TPSA) is 106 Å². The Bertz CT molecular complexity index is 1050. The highest BCUT2D eigenvalue weighted by Gasteiger charge is 2.33. The van der Waals surface area contributed by atoms with Crippen molar-refractivity contribution in [1.82, 2.24) is 20.0 Å². The first-order chi connectivity index (χ1) is 15.1. The molecule has 2 saturated heterocycles. The third-order valence-corrected chi connectivity index (χ3v) is 6.00. The molecule has 2 aliphatic heterocycles. The number of hydrogen-bond donors (Lipinski definition) is 2. The lowest BCUT2D eigenvalue weighted by Gasteiger charge is -2.29. The molecule has 2 aliphatic rings. The number of fused-ring (bicyclic) bond motifs is 1. The highest BCUT2D eigenvalue weighted by molar-refractivity contribution is 6.02. The fourth-order valence-electron chi connectivity index (χ4n) is 4.45. The fourth-order valence-corrected chi connectivity index (χ4v) is 4.45. The molecule has 2 N–H and O–H groups in total. The van der Waals surface area contributed by atoms with E-state index < -0.39 is 11.5 Å². The first-order valence-electron chi connectivity index (χ1n) is 11.2. The molecule has 1 aromatic carbocycles. The summed E-state index contributed by atoms with van der Waals surface area (Å²) in [5.74, 6) is -0.937. The molecule has 1 unspecified atom stereocenters. The summed E-state index contributed by atoms with van der Waals surface area (Å²) in [5.41, 5.74) is 2.02. The number of nitrogens with zero attached hydrogens (tertiary/aromatic N) is 3. The van der Waals surface area contributed by atoms with Crippen LogP contribution in [0.2, 0.25) is 0 Å². The highest BCUT2D eigenvalue weighted by Crippen LogP contribution is 2.31. The Labute approximate surface area is 187 Å². The number of carbonyl (C=O) groups excluding carboxylic acids is 3. The normalized spacial score (nSPS) is 21.7. The number of hydrogen-bond acceptors (Lipinski definition) is 6. The molecule has 3 heterocycles. The predicted octanol–water partition coefficient (Wildman–Crippen LogP) is 2.90. The van der Waals surface area contributed by atoms with Gasteiger partial charge in [-0.1, -0.05) is 0 Å². The second-order valence-electron chi connectivity index (χ2n) is 9.60. The molecule has 172 valence electrons. The van der Waals surface area contributed by atoms with Gasteiger partial charge in [-0.05, 0) is 58.2 Å². The van der Waals surface area contributed by atoms with E-state index in [9.17, 15) is 14.4 Å². The van der Waals surface area contributed by atoms with Gasteiger partial charge in [0.05, 0.1) is 23.2 Å². The number of nitrogens with one attached hydrogen (secondary N) is 2. The van der Waals surface area contributed by atoms with Crippen molar-refractivity contribution in [3.8, 4) is 0 Å². The minimum atomic E-state index is -0.511. The highest BCUT2D eigenvalue weighted by atomic mass is 16.6. The van der Waals surface area contributed by atoms with Gasteiger partial charge in [0.2, 0.25) is 11.8 Å². The molecule has 0 bridgehead atoms. The number of rotatable bonds is 4. The summed E-state index contributed by atoms with van der Waals surface area (Å²) in [4.78, 5) is 38.1. The van der Waals surface area contributed by atoms with Crippen molar-refractivity contribution in [3.05, 3.63) is 23.9 Å². The summed E-state index contributed by atoms with van der Waals surface area (Å²) in [6, 6.07) is 6.01. The summed E-state index contributed by atoms with van der Waals surface area (Å²) in [6.07, 6.45) is 2.42. The number of aromatic nitrogens is 2. The van der Waals surface area contributed by atoms with E-state index in [2.05, 4.69) is 15.7 Å². The molecule has 9 nitrogen and oxygen atoms in total. The summed E-state index contributed by atoms with van der Waals surface area (Å²) in [5, 5.41) is 11.3. The first-order valence-corrected chi connectivity index (χ1v) is 11.2. The van der Waals surface area contributed by atoms with Gasteiger partial charge in [-0.3, -0.25) is 19.6 Å². The Morgan fingerprint density at radius 3 is 2.78 bits per heavy atom. The Kier molecular flexibility index (Phi) is 5.83. The maximum Gasteiger partial charge on any atom is 0.410 e. The van der Waals surface area contributed by atoms with Crippen LogP contribution in [0.3, 0.4) is 0 Å². The van der Waals surface area contributed by atoms with Gasteiger partial charge in [0.1, 0.15) is 5.60 Å². The van der Waals surface area contributed by atoms with Crippen LogP contribution in [0.1, 0.15) is 58.1 Å². The van der Waals surface area contributed by atoms with E-state index in [0.29, 0.717) is 31.6 Å². The van der Waals surface area contributed by atoms with Gasteiger partial charge in [-0.15, -0.1) is 0 Å². The van der Waals surface area contributed by atoms with Crippen LogP contribution in [0, 0.1) is 0 Å². The van der Waals surface area contributed by atoms with Crippen LogP contribution < -0.4 is 10.6 Å². The quantitative estimate of drug-likeness (QED) is 0.707. The molecule has 1 aromatic heterocycles. The molecular formula is C23H31N5O4. The van der Waals surface area contributed by atoms with Gasteiger partial charge in [0, 0.05) is 37.6 Å². The molecule has 2 aromatic rings. The second kappa shape index (κ2) is 8.44. The van der Waals surface area contributed by atoms with Crippen LogP contribution in [0.4, 0.5) is 10.5 Å². The van der Waals surface area contributed by atoms with Gasteiger partial charge in [-0.2, -0.15) is 5.10 Å². The second-order valence-corrected chi connectivity index (χ2v) is 9.60. The third kappa shape index (κ3) is 4.56. The van der Waals surface area contributed by atoms with Crippen molar-refractivity contribution in [3.63, 3.8) is 0 Å². The molecule has 4 rings (SSSR count). The predicted molar refractivity (Wildman–Crippen MR) is 120 cm³/mol. The van der Waals surface area contributed by atoms with Crippen molar-refractivity contribution < 1.29 is 19.1 Å². The molecule has 9 heteroatoms. The SMILES string of the molecule is Cn1nc(C2CCC(=O)NC2=O)c2ccc(NC[C@H]3CCCN3C(=O)OC(C)(C)C)cc21. The molecular weight excluding hydrogens is 410 g/mol. The average molecular weight is 442 g/mol. The maximum absolute atomic E-state index is 12.5. The number of amides is 3. The third-order valence-electron chi connectivity index (χ3n) is 6.00. The average Bonchev–Trinajstić information content (AvgIpc) is 3.30. The monoisotopic (exact) mass is 441 g/mol. The molecule has 0 radical (unpaired) electrons. The lowest BCUT2D eigenvalue weighted by molar-refractivity contribution is -0.134. The Hall–Kier alpha value is -3.10. The Morgan fingerprint density at radius 2 is 2.06 bits per heavy atom. The zero-order valence-electron chi connectivity index (χ0n) is 19.1. The van der Waals surface area contributed by atoms with E-state index in [0.717, 1.165) is 29.4 Å². The zero-order valence-corrected chi connectivity index (χ0v) is 19.1. The summed E-state index contributed by atoms with van der Waals surface area (Å²) < 4.78 is 7.31. The Morgan fingerprint density at radius 1 is 1.28 bits per heavy atom. The number of aryl methyl sites for hydroxylation is 1. The van der Waals surface area contributed by atoms with E-state index in [4.69, 9.17) is 4.74 Å². The minimum Gasteiger partial charge on any atom is -0.444 e. The molecule has 32 heavy (non-hydrogen) atoms. The molecule has 2 atom stereocenters. The number of benzene rings is 1. The maximum atomic E-state index is 12.5. The number of imide groups is 1. The number of ether oxygens (including phenoxy) is 1. The zero-order chi connectivity index (χ0) is 23.0. The van der Waals surface area contributed by atoms with Crippen LogP contribution in [0.15, 0.2) is 18.2 Å². The van der Waals surface area contributed by atoms with Gasteiger partial charge in [0.15, 0.2) is 0 Å². The molecule has 0 aliphatic carbocycles. The van der Waals surface area contributed by atoms with Crippen molar-refractivity contribution in [1.29, 1.82) is 0 Å². The van der Waals surface area contributed by atoms with E-state index in [1.165, 1.54) is 0 Å².